The summed E-state index contributed by atoms with van der Waals surface area (Å²) >= 11 is 5.33. The minimum absolute atomic E-state index is 0.107. The van der Waals surface area contributed by atoms with Crippen molar-refractivity contribution >= 4 is 33.5 Å². The molecule has 0 spiro atoms. The quantitative estimate of drug-likeness (QED) is 0.597. The van der Waals surface area contributed by atoms with Gasteiger partial charge in [-0.25, -0.2) is 0 Å². The van der Waals surface area contributed by atoms with E-state index >= 15 is 0 Å². The Hall–Kier alpha value is -0.280. The van der Waals surface area contributed by atoms with Crippen LogP contribution >= 0.6 is 27.7 Å². The van der Waals surface area contributed by atoms with E-state index in [-0.39, 0.29) is 5.78 Å². The molecule has 1 nitrogen and oxygen atoms in total. The van der Waals surface area contributed by atoms with E-state index in [1.807, 2.05) is 30.0 Å². The molecule has 1 unspecified atom stereocenters. The normalized spacial score (nSPS) is 12.5. The maximum atomic E-state index is 11.2. The number of Topliss-reactive ketones (excluding diaryl/α,β-unsaturated/α-hetero) is 1. The Kier molecular flexibility index (Phi) is 4.87. The van der Waals surface area contributed by atoms with Gasteiger partial charge in [-0.05, 0) is 41.4 Å². The van der Waals surface area contributed by atoms with Crippen LogP contribution in [-0.4, -0.2) is 11.0 Å². The molecule has 1 rings (SSSR count). The van der Waals surface area contributed by atoms with Gasteiger partial charge in [-0.15, -0.1) is 11.8 Å². The highest BCUT2D eigenvalue weighted by Gasteiger charge is 2.07. The number of carbonyl (C=O) groups excluding carboxylic acids is 1. The summed E-state index contributed by atoms with van der Waals surface area (Å²) in [6.07, 6.45) is 1.14. The van der Waals surface area contributed by atoms with Crippen LogP contribution in [0.15, 0.2) is 27.6 Å². The Morgan fingerprint density at radius 3 is 2.67 bits per heavy atom. The second-order valence-electron chi connectivity index (χ2n) is 3.54. The van der Waals surface area contributed by atoms with Gasteiger partial charge in [0.05, 0.1) is 0 Å². The minimum atomic E-state index is 0.107. The molecule has 0 aromatic heterocycles. The van der Waals surface area contributed by atoms with E-state index in [4.69, 9.17) is 0 Å². The molecule has 1 atom stereocenters. The molecule has 1 aromatic carbocycles. The topological polar surface area (TPSA) is 17.1 Å². The number of benzene rings is 1. The van der Waals surface area contributed by atoms with Crippen molar-refractivity contribution < 1.29 is 4.79 Å². The van der Waals surface area contributed by atoms with Gasteiger partial charge in [0, 0.05) is 20.2 Å². The summed E-state index contributed by atoms with van der Waals surface area (Å²) in [5.74, 6) is 0.107. The van der Waals surface area contributed by atoms with Crippen molar-refractivity contribution in [3.8, 4) is 0 Å². The molecule has 0 radical (unpaired) electrons. The van der Waals surface area contributed by atoms with Crippen LogP contribution in [0.25, 0.3) is 0 Å². The second kappa shape index (κ2) is 5.71. The highest BCUT2D eigenvalue weighted by Crippen LogP contribution is 2.32. The van der Waals surface area contributed by atoms with Crippen LogP contribution in [0.3, 0.4) is 0 Å². The lowest BCUT2D eigenvalue weighted by Crippen LogP contribution is -1.95. The van der Waals surface area contributed by atoms with Gasteiger partial charge in [-0.2, -0.15) is 0 Å². The monoisotopic (exact) mass is 286 g/mol. The molecule has 3 heteroatoms. The third kappa shape index (κ3) is 3.65. The highest BCUT2D eigenvalue weighted by atomic mass is 79.9. The van der Waals surface area contributed by atoms with E-state index < -0.39 is 0 Å². The summed E-state index contributed by atoms with van der Waals surface area (Å²) in [4.78, 5) is 12.4. The summed E-state index contributed by atoms with van der Waals surface area (Å²) < 4.78 is 1.01. The fourth-order valence-electron chi connectivity index (χ4n) is 1.12. The zero-order valence-corrected chi connectivity index (χ0v) is 11.6. The molecule has 0 aliphatic carbocycles. The van der Waals surface area contributed by atoms with Crippen LogP contribution in [-0.2, 0) is 0 Å². The van der Waals surface area contributed by atoms with Crippen LogP contribution in [0.5, 0.6) is 0 Å². The number of carbonyl (C=O) groups is 1. The van der Waals surface area contributed by atoms with Gasteiger partial charge >= 0.3 is 0 Å². The van der Waals surface area contributed by atoms with Crippen LogP contribution in [0.4, 0.5) is 0 Å². The zero-order chi connectivity index (χ0) is 11.4. The number of hydrogen-bond acceptors (Lipinski definition) is 2. The SMILES string of the molecule is CCC(C)Sc1ccc(C(C)=O)cc1Br. The molecule has 0 saturated heterocycles. The molecule has 0 aliphatic rings. The van der Waals surface area contributed by atoms with E-state index in [1.54, 1.807) is 6.92 Å². The fraction of sp³-hybridized carbons (Fsp3) is 0.417. The second-order valence-corrected chi connectivity index (χ2v) is 5.87. The van der Waals surface area contributed by atoms with Gasteiger partial charge in [-0.1, -0.05) is 19.9 Å². The average molecular weight is 287 g/mol. The Balaban J connectivity index is 2.88. The molecular weight excluding hydrogens is 272 g/mol. The van der Waals surface area contributed by atoms with Gasteiger partial charge in [0.25, 0.3) is 0 Å². The third-order valence-electron chi connectivity index (χ3n) is 2.24. The molecule has 1 aromatic rings. The average Bonchev–Trinajstić information content (AvgIpc) is 2.20. The summed E-state index contributed by atoms with van der Waals surface area (Å²) in [5.41, 5.74) is 0.760. The minimum Gasteiger partial charge on any atom is -0.295 e. The third-order valence-corrected chi connectivity index (χ3v) is 4.51. The van der Waals surface area contributed by atoms with Crippen molar-refractivity contribution in [3.05, 3.63) is 28.2 Å². The first-order chi connectivity index (χ1) is 7.04. The Bertz CT molecular complexity index is 363. The largest absolute Gasteiger partial charge is 0.295 e. The molecule has 0 bridgehead atoms. The van der Waals surface area contributed by atoms with Crippen molar-refractivity contribution in [2.45, 2.75) is 37.3 Å². The lowest BCUT2D eigenvalue weighted by atomic mass is 10.2. The van der Waals surface area contributed by atoms with Crippen LogP contribution in [0, 0.1) is 0 Å². The van der Waals surface area contributed by atoms with E-state index in [9.17, 15) is 4.79 Å². The summed E-state index contributed by atoms with van der Waals surface area (Å²) in [5, 5.41) is 0.601. The first kappa shape index (κ1) is 12.8. The van der Waals surface area contributed by atoms with Crippen molar-refractivity contribution in [1.82, 2.24) is 0 Å². The Morgan fingerprint density at radius 2 is 2.20 bits per heavy atom. The number of thioether (sulfide) groups is 1. The molecule has 0 amide bonds. The van der Waals surface area contributed by atoms with Crippen LogP contribution in [0.1, 0.15) is 37.6 Å². The van der Waals surface area contributed by atoms with Crippen molar-refractivity contribution in [1.29, 1.82) is 0 Å². The molecule has 0 N–H and O–H groups in total. The predicted octanol–water partition coefficient (Wildman–Crippen LogP) is 4.54. The molecule has 0 saturated carbocycles. The lowest BCUT2D eigenvalue weighted by molar-refractivity contribution is 0.101. The summed E-state index contributed by atoms with van der Waals surface area (Å²) in [6.45, 7) is 5.97. The van der Waals surface area contributed by atoms with Crippen molar-refractivity contribution in [3.63, 3.8) is 0 Å². The van der Waals surface area contributed by atoms with E-state index in [0.717, 1.165) is 16.5 Å². The molecule has 0 aliphatic heterocycles. The Labute approximate surface area is 104 Å². The van der Waals surface area contributed by atoms with Gasteiger partial charge in [0.1, 0.15) is 0 Å². The van der Waals surface area contributed by atoms with Crippen LogP contribution in [0.2, 0.25) is 0 Å². The predicted molar refractivity (Wildman–Crippen MR) is 69.8 cm³/mol. The molecule has 0 heterocycles. The first-order valence-electron chi connectivity index (χ1n) is 5.01. The molecule has 15 heavy (non-hydrogen) atoms. The molecule has 82 valence electrons. The summed E-state index contributed by atoms with van der Waals surface area (Å²) in [6, 6.07) is 5.79. The maximum absolute atomic E-state index is 11.2. The van der Waals surface area contributed by atoms with Gasteiger partial charge in [0.2, 0.25) is 0 Å². The molecule has 0 fully saturated rings. The summed E-state index contributed by atoms with van der Waals surface area (Å²) in [7, 11) is 0. The number of ketones is 1. The van der Waals surface area contributed by atoms with E-state index in [0.29, 0.717) is 5.25 Å². The Morgan fingerprint density at radius 1 is 1.53 bits per heavy atom. The van der Waals surface area contributed by atoms with Crippen LogP contribution < -0.4 is 0 Å². The lowest BCUT2D eigenvalue weighted by Gasteiger charge is -2.10. The number of hydrogen-bond donors (Lipinski definition) is 0. The zero-order valence-electron chi connectivity index (χ0n) is 9.21. The fourth-order valence-corrected chi connectivity index (χ4v) is 2.69. The van der Waals surface area contributed by atoms with Gasteiger partial charge in [0.15, 0.2) is 5.78 Å². The molecular formula is C12H15BrOS. The van der Waals surface area contributed by atoms with Gasteiger partial charge in [-0.3, -0.25) is 4.79 Å². The first-order valence-corrected chi connectivity index (χ1v) is 6.69. The number of halogens is 1. The number of rotatable bonds is 4. The standard InChI is InChI=1S/C12H15BrOS/c1-4-8(2)15-12-6-5-10(9(3)14)7-11(12)13/h5-8H,4H2,1-3H3. The van der Waals surface area contributed by atoms with Crippen molar-refractivity contribution in [2.24, 2.45) is 0 Å². The van der Waals surface area contributed by atoms with E-state index in [1.165, 1.54) is 4.90 Å². The highest BCUT2D eigenvalue weighted by molar-refractivity contribution is 9.10. The smallest absolute Gasteiger partial charge is 0.159 e. The van der Waals surface area contributed by atoms with Gasteiger partial charge < -0.3 is 0 Å². The maximum Gasteiger partial charge on any atom is 0.159 e. The van der Waals surface area contributed by atoms with Crippen molar-refractivity contribution in [2.75, 3.05) is 0 Å². The van der Waals surface area contributed by atoms with E-state index in [2.05, 4.69) is 29.8 Å².